The van der Waals surface area contributed by atoms with Crippen molar-refractivity contribution >= 4 is 17.8 Å². The Labute approximate surface area is 197 Å². The van der Waals surface area contributed by atoms with Crippen LogP contribution in [-0.4, -0.2) is 44.2 Å². The number of alkyl halides is 2. The van der Waals surface area contributed by atoms with Crippen molar-refractivity contribution < 1.29 is 37.4 Å². The molecule has 1 aliphatic heterocycles. The second kappa shape index (κ2) is 11.6. The molecule has 0 saturated heterocycles. The number of nitrogens with one attached hydrogen (secondary N) is 2. The molecular formula is C24H30F2N2O6. The summed E-state index contributed by atoms with van der Waals surface area (Å²) >= 11 is 0. The van der Waals surface area contributed by atoms with E-state index in [2.05, 4.69) is 10.6 Å². The molecule has 8 nitrogen and oxygen atoms in total. The number of esters is 2. The van der Waals surface area contributed by atoms with Crippen LogP contribution in [0.25, 0.3) is 0 Å². The highest BCUT2D eigenvalue weighted by Gasteiger charge is 2.40. The number of para-hydroxylation sites is 1. The lowest BCUT2D eigenvalue weighted by Gasteiger charge is -2.32. The van der Waals surface area contributed by atoms with Crippen LogP contribution in [-0.2, 0) is 23.9 Å². The quantitative estimate of drug-likeness (QED) is 0.522. The van der Waals surface area contributed by atoms with Crippen molar-refractivity contribution in [1.29, 1.82) is 0 Å². The molecule has 186 valence electrons. The molecule has 2 N–H and O–H groups in total. The van der Waals surface area contributed by atoms with Gasteiger partial charge in [-0.1, -0.05) is 32.0 Å². The standard InChI is InChI=1S/C24H30F2N2O6/c1-7-33-23(31)20(12(2)3)28-21(29)17-13(4)27-14(5)18(22(30)32-6)19(17)15-10-8-9-11-16(15)34-24(25)26/h8-12,19-20,24,27H,7H2,1-6H3,(H,28,29)/t19-,20-/m0/s1. The van der Waals surface area contributed by atoms with Crippen molar-refractivity contribution in [3.8, 4) is 5.75 Å². The van der Waals surface area contributed by atoms with Gasteiger partial charge in [0.2, 0.25) is 0 Å². The number of benzene rings is 1. The Bertz CT molecular complexity index is 1000. The molecule has 2 rings (SSSR count). The Hall–Kier alpha value is -3.43. The summed E-state index contributed by atoms with van der Waals surface area (Å²) in [5.74, 6) is -3.61. The van der Waals surface area contributed by atoms with Crippen LogP contribution in [0.4, 0.5) is 8.78 Å². The number of hydrogen-bond donors (Lipinski definition) is 2. The Balaban J connectivity index is 2.65. The number of hydrogen-bond acceptors (Lipinski definition) is 7. The molecule has 1 amide bonds. The van der Waals surface area contributed by atoms with Gasteiger partial charge >= 0.3 is 18.6 Å². The normalized spacial score (nSPS) is 16.8. The fraction of sp³-hybridized carbons (Fsp3) is 0.458. The molecule has 1 aliphatic rings. The van der Waals surface area contributed by atoms with Crippen LogP contribution in [0, 0.1) is 5.92 Å². The van der Waals surface area contributed by atoms with Crippen molar-refractivity contribution in [2.45, 2.75) is 53.2 Å². The third kappa shape index (κ3) is 5.92. The summed E-state index contributed by atoms with van der Waals surface area (Å²) < 4.78 is 41.0. The summed E-state index contributed by atoms with van der Waals surface area (Å²) in [6, 6.07) is 4.95. The predicted molar refractivity (Wildman–Crippen MR) is 120 cm³/mol. The lowest BCUT2D eigenvalue weighted by Crippen LogP contribution is -2.47. The zero-order chi connectivity index (χ0) is 25.6. The molecule has 0 saturated carbocycles. The van der Waals surface area contributed by atoms with Crippen LogP contribution in [0.15, 0.2) is 46.8 Å². The molecule has 0 aromatic heterocycles. The van der Waals surface area contributed by atoms with Gasteiger partial charge in [-0.05, 0) is 32.8 Å². The van der Waals surface area contributed by atoms with Crippen molar-refractivity contribution in [1.82, 2.24) is 10.6 Å². The zero-order valence-electron chi connectivity index (χ0n) is 20.0. The Morgan fingerprint density at radius 1 is 1.09 bits per heavy atom. The predicted octanol–water partition coefficient (Wildman–Crippen LogP) is 3.40. The number of carbonyl (C=O) groups excluding carboxylic acids is 3. The molecule has 1 aromatic carbocycles. The number of allylic oxidation sites excluding steroid dienone is 2. The number of halogens is 2. The summed E-state index contributed by atoms with van der Waals surface area (Å²) in [6.45, 7) is 5.39. The average Bonchev–Trinajstić information content (AvgIpc) is 2.76. The van der Waals surface area contributed by atoms with Crippen molar-refractivity contribution in [3.63, 3.8) is 0 Å². The molecule has 1 heterocycles. The first-order valence-corrected chi connectivity index (χ1v) is 10.8. The van der Waals surface area contributed by atoms with Gasteiger partial charge in [-0.2, -0.15) is 8.78 Å². The zero-order valence-corrected chi connectivity index (χ0v) is 20.0. The van der Waals surface area contributed by atoms with Gasteiger partial charge in [0, 0.05) is 22.5 Å². The monoisotopic (exact) mass is 480 g/mol. The number of rotatable bonds is 9. The maximum absolute atomic E-state index is 13.5. The summed E-state index contributed by atoms with van der Waals surface area (Å²) in [4.78, 5) is 38.7. The van der Waals surface area contributed by atoms with E-state index in [0.717, 1.165) is 0 Å². The minimum Gasteiger partial charge on any atom is -0.466 e. The maximum Gasteiger partial charge on any atom is 0.387 e. The highest BCUT2D eigenvalue weighted by molar-refractivity contribution is 6.03. The number of carbonyl (C=O) groups is 3. The van der Waals surface area contributed by atoms with Gasteiger partial charge in [0.05, 0.1) is 25.2 Å². The maximum atomic E-state index is 13.5. The first-order valence-electron chi connectivity index (χ1n) is 10.8. The molecule has 2 atom stereocenters. The van der Waals surface area contributed by atoms with Gasteiger partial charge in [0.15, 0.2) is 0 Å². The molecule has 0 aliphatic carbocycles. The molecule has 10 heteroatoms. The largest absolute Gasteiger partial charge is 0.466 e. The molecule has 0 radical (unpaired) electrons. The number of dihydropyridines is 1. The second-order valence-electron chi connectivity index (χ2n) is 7.99. The van der Waals surface area contributed by atoms with E-state index in [1.165, 1.54) is 25.3 Å². The van der Waals surface area contributed by atoms with Crippen molar-refractivity contribution in [2.24, 2.45) is 5.92 Å². The minimum absolute atomic E-state index is 0.0563. The summed E-state index contributed by atoms with van der Waals surface area (Å²) in [6.07, 6.45) is 0. The number of ether oxygens (including phenoxy) is 3. The number of methoxy groups -OCH3 is 1. The van der Waals surface area contributed by atoms with E-state index in [1.807, 2.05) is 0 Å². The van der Waals surface area contributed by atoms with Crippen LogP contribution in [0.5, 0.6) is 5.75 Å². The fourth-order valence-corrected chi connectivity index (χ4v) is 3.86. The van der Waals surface area contributed by atoms with Gasteiger partial charge in [0.25, 0.3) is 5.91 Å². The summed E-state index contributed by atoms with van der Waals surface area (Å²) in [5.41, 5.74) is 1.06. The van der Waals surface area contributed by atoms with E-state index < -0.39 is 36.4 Å². The van der Waals surface area contributed by atoms with Crippen molar-refractivity contribution in [2.75, 3.05) is 13.7 Å². The van der Waals surface area contributed by atoms with E-state index in [9.17, 15) is 23.2 Å². The third-order valence-corrected chi connectivity index (χ3v) is 5.35. The Morgan fingerprint density at radius 2 is 1.71 bits per heavy atom. The van der Waals surface area contributed by atoms with Crippen LogP contribution < -0.4 is 15.4 Å². The number of amides is 1. The van der Waals surface area contributed by atoms with Crippen LogP contribution >= 0.6 is 0 Å². The highest BCUT2D eigenvalue weighted by Crippen LogP contribution is 2.42. The highest BCUT2D eigenvalue weighted by atomic mass is 19.3. The Morgan fingerprint density at radius 3 is 2.26 bits per heavy atom. The smallest absolute Gasteiger partial charge is 0.387 e. The molecule has 0 unspecified atom stereocenters. The molecule has 34 heavy (non-hydrogen) atoms. The van der Waals surface area contributed by atoms with Crippen LogP contribution in [0.2, 0.25) is 0 Å². The van der Waals surface area contributed by atoms with Crippen molar-refractivity contribution in [3.05, 3.63) is 52.4 Å². The van der Waals surface area contributed by atoms with Gasteiger partial charge < -0.3 is 24.8 Å². The molecule has 0 fully saturated rings. The Kier molecular flexibility index (Phi) is 9.17. The summed E-state index contributed by atoms with van der Waals surface area (Å²) in [5, 5.41) is 5.66. The summed E-state index contributed by atoms with van der Waals surface area (Å²) in [7, 11) is 1.18. The van der Waals surface area contributed by atoms with Gasteiger partial charge in [0.1, 0.15) is 11.8 Å². The van der Waals surface area contributed by atoms with E-state index >= 15 is 0 Å². The third-order valence-electron chi connectivity index (χ3n) is 5.35. The van der Waals surface area contributed by atoms with Gasteiger partial charge in [-0.3, -0.25) is 4.79 Å². The first-order chi connectivity index (χ1) is 16.0. The van der Waals surface area contributed by atoms with Gasteiger partial charge in [-0.15, -0.1) is 0 Å². The van der Waals surface area contributed by atoms with E-state index in [-0.39, 0.29) is 35.0 Å². The minimum atomic E-state index is -3.12. The van der Waals surface area contributed by atoms with Gasteiger partial charge in [-0.25, -0.2) is 9.59 Å². The lowest BCUT2D eigenvalue weighted by atomic mass is 9.79. The second-order valence-corrected chi connectivity index (χ2v) is 7.99. The lowest BCUT2D eigenvalue weighted by molar-refractivity contribution is -0.148. The first kappa shape index (κ1) is 26.8. The average molecular weight is 481 g/mol. The van der Waals surface area contributed by atoms with Crippen LogP contribution in [0.3, 0.4) is 0 Å². The van der Waals surface area contributed by atoms with Crippen LogP contribution in [0.1, 0.15) is 46.1 Å². The molecule has 0 spiro atoms. The van der Waals surface area contributed by atoms with E-state index in [0.29, 0.717) is 11.4 Å². The molecule has 1 aromatic rings. The van der Waals surface area contributed by atoms with E-state index in [4.69, 9.17) is 14.2 Å². The van der Waals surface area contributed by atoms with E-state index in [1.54, 1.807) is 40.7 Å². The molecular weight excluding hydrogens is 450 g/mol. The fourth-order valence-electron chi connectivity index (χ4n) is 3.86. The topological polar surface area (TPSA) is 103 Å². The molecule has 0 bridgehead atoms. The SMILES string of the molecule is CCOC(=O)[C@@H](NC(=O)C1=C(C)NC(C)=C(C(=O)OC)[C@H]1c1ccccc1OC(F)F)C(C)C.